The lowest BCUT2D eigenvalue weighted by atomic mass is 9.99. The number of rotatable bonds is 14. The molecule has 0 aromatic heterocycles. The van der Waals surface area contributed by atoms with Crippen LogP contribution in [0.5, 0.6) is 5.75 Å². The second-order valence-electron chi connectivity index (χ2n) is 13.2. The fourth-order valence-electron chi connectivity index (χ4n) is 6.13. The first-order valence-electron chi connectivity index (χ1n) is 16.8. The van der Waals surface area contributed by atoms with Gasteiger partial charge in [-0.15, -0.1) is 0 Å². The fraction of sp³-hybridized carbons (Fsp3) is 0.316. The van der Waals surface area contributed by atoms with Crippen LogP contribution in [0.3, 0.4) is 0 Å². The Balaban J connectivity index is 1.48. The van der Waals surface area contributed by atoms with Crippen LogP contribution in [0.4, 0.5) is 32.0 Å². The predicted molar refractivity (Wildman–Crippen MR) is 181 cm³/mol. The molecule has 2 aliphatic carbocycles. The summed E-state index contributed by atoms with van der Waals surface area (Å²) in [4.78, 5) is 25.9. The number of benzene rings is 4. The van der Waals surface area contributed by atoms with E-state index in [9.17, 15) is 45.1 Å². The van der Waals surface area contributed by atoms with E-state index in [0.717, 1.165) is 48.6 Å². The van der Waals surface area contributed by atoms with Crippen LogP contribution in [0.1, 0.15) is 82.6 Å². The van der Waals surface area contributed by atoms with Crippen molar-refractivity contribution in [1.29, 1.82) is 0 Å². The number of ether oxygens (including phenoxy) is 1. The summed E-state index contributed by atoms with van der Waals surface area (Å²) in [5, 5.41) is 9.65. The standard InChI is InChI=1S/C38H34F6N2O6S/c1-3-52-33-13-24(38(48)49)8-9-32(33)46(17-21-10-25(22-4-5-22)12-26(11-21)23-6-7-23)35(47)19-45(18-28-30(41)14-27(39)15-31(28)42)53(50,51)34-16-29(40)20(2)36(43)37(34)44/h8-16,22-23H,3-7,17-19H2,1-2H3,(H,48,49). The third-order valence-corrected chi connectivity index (χ3v) is 11.1. The summed E-state index contributed by atoms with van der Waals surface area (Å²) in [7, 11) is -5.48. The van der Waals surface area contributed by atoms with E-state index < -0.39 is 85.9 Å². The third-order valence-electron chi connectivity index (χ3n) is 9.30. The molecule has 0 radical (unpaired) electrons. The maximum atomic E-state index is 15.2. The number of halogens is 6. The minimum absolute atomic E-state index is 0.00161. The van der Waals surface area contributed by atoms with E-state index in [4.69, 9.17) is 4.74 Å². The predicted octanol–water partition coefficient (Wildman–Crippen LogP) is 8.11. The number of aromatic carboxylic acids is 1. The van der Waals surface area contributed by atoms with Gasteiger partial charge in [0.1, 0.15) is 33.9 Å². The molecule has 6 rings (SSSR count). The zero-order chi connectivity index (χ0) is 38.4. The van der Waals surface area contributed by atoms with E-state index in [-0.39, 0.29) is 52.7 Å². The van der Waals surface area contributed by atoms with Crippen molar-refractivity contribution < 1.29 is 54.2 Å². The Hall–Kier alpha value is -4.89. The second-order valence-corrected chi connectivity index (χ2v) is 15.1. The number of hydrogen-bond acceptors (Lipinski definition) is 5. The number of nitrogens with zero attached hydrogens (tertiary/aromatic N) is 2. The number of carboxylic acids is 1. The topological polar surface area (TPSA) is 104 Å². The molecule has 2 fully saturated rings. The Morgan fingerprint density at radius 1 is 0.811 bits per heavy atom. The van der Waals surface area contributed by atoms with Gasteiger partial charge >= 0.3 is 5.97 Å². The lowest BCUT2D eigenvalue weighted by Gasteiger charge is -2.29. The fourth-order valence-corrected chi connectivity index (χ4v) is 7.55. The van der Waals surface area contributed by atoms with E-state index in [0.29, 0.717) is 17.4 Å². The van der Waals surface area contributed by atoms with Gasteiger partial charge in [-0.2, -0.15) is 4.31 Å². The number of carboxylic acid groups (broad SMARTS) is 1. The molecule has 4 aromatic carbocycles. The van der Waals surface area contributed by atoms with Gasteiger partial charge in [0.25, 0.3) is 0 Å². The number of carbonyl (C=O) groups is 2. The Morgan fingerprint density at radius 2 is 1.42 bits per heavy atom. The minimum atomic E-state index is -5.48. The highest BCUT2D eigenvalue weighted by atomic mass is 32.2. The lowest BCUT2D eigenvalue weighted by Crippen LogP contribution is -2.43. The average molecular weight is 761 g/mol. The number of hydrogen-bond donors (Lipinski definition) is 1. The van der Waals surface area contributed by atoms with Crippen LogP contribution >= 0.6 is 0 Å². The zero-order valence-electron chi connectivity index (χ0n) is 28.6. The van der Waals surface area contributed by atoms with Gasteiger partial charge in [0.15, 0.2) is 11.6 Å². The van der Waals surface area contributed by atoms with Gasteiger partial charge in [-0.3, -0.25) is 4.79 Å². The summed E-state index contributed by atoms with van der Waals surface area (Å²) < 4.78 is 122. The van der Waals surface area contributed by atoms with Gasteiger partial charge in [0.2, 0.25) is 15.9 Å². The van der Waals surface area contributed by atoms with Gasteiger partial charge in [-0.25, -0.2) is 39.6 Å². The zero-order valence-corrected chi connectivity index (χ0v) is 29.4. The first kappa shape index (κ1) is 37.9. The van der Waals surface area contributed by atoms with Gasteiger partial charge in [-0.1, -0.05) is 18.2 Å². The molecule has 2 aliphatic rings. The number of amides is 1. The van der Waals surface area contributed by atoms with Crippen molar-refractivity contribution in [1.82, 2.24) is 4.31 Å². The van der Waals surface area contributed by atoms with Crippen molar-refractivity contribution in [3.63, 3.8) is 0 Å². The molecule has 0 aliphatic heterocycles. The van der Waals surface area contributed by atoms with Crippen LogP contribution in [0.15, 0.2) is 59.5 Å². The average Bonchev–Trinajstić information content (AvgIpc) is 4.03. The highest BCUT2D eigenvalue weighted by Crippen LogP contribution is 2.46. The molecule has 1 amide bonds. The molecule has 2 saturated carbocycles. The molecule has 15 heteroatoms. The SMILES string of the molecule is CCOc1cc(C(=O)O)ccc1N(Cc1cc(C2CC2)cc(C2CC2)c1)C(=O)CN(Cc1c(F)cc(F)cc1F)S(=O)(=O)c1cc(F)c(C)c(F)c1F. The maximum absolute atomic E-state index is 15.2. The normalized spacial score (nSPS) is 14.4. The summed E-state index contributed by atoms with van der Waals surface area (Å²) >= 11 is 0. The van der Waals surface area contributed by atoms with Crippen LogP contribution in [0.25, 0.3) is 0 Å². The number of anilines is 1. The smallest absolute Gasteiger partial charge is 0.335 e. The van der Waals surface area contributed by atoms with Gasteiger partial charge < -0.3 is 14.7 Å². The molecule has 0 saturated heterocycles. The molecule has 8 nitrogen and oxygen atoms in total. The molecule has 280 valence electrons. The second kappa shape index (κ2) is 14.9. The first-order chi connectivity index (χ1) is 25.1. The number of sulfonamides is 1. The Labute approximate surface area is 301 Å². The molecule has 0 heterocycles. The lowest BCUT2D eigenvalue weighted by molar-refractivity contribution is -0.119. The summed E-state index contributed by atoms with van der Waals surface area (Å²) in [5.41, 5.74) is 0.673. The van der Waals surface area contributed by atoms with Crippen LogP contribution in [0, 0.1) is 41.8 Å². The highest BCUT2D eigenvalue weighted by Gasteiger charge is 2.36. The number of carbonyl (C=O) groups excluding carboxylic acids is 1. The van der Waals surface area contributed by atoms with Crippen LogP contribution in [-0.4, -0.2) is 42.9 Å². The molecule has 0 unspecified atom stereocenters. The van der Waals surface area contributed by atoms with Crippen molar-refractivity contribution in [2.75, 3.05) is 18.1 Å². The van der Waals surface area contributed by atoms with Crippen LogP contribution < -0.4 is 9.64 Å². The van der Waals surface area contributed by atoms with Gasteiger partial charge in [-0.05, 0) is 92.3 Å². The van der Waals surface area contributed by atoms with Crippen molar-refractivity contribution in [3.05, 3.63) is 123 Å². The quantitative estimate of drug-likeness (QED) is 0.103. The van der Waals surface area contributed by atoms with E-state index in [1.165, 1.54) is 18.2 Å². The molecule has 0 bridgehead atoms. The summed E-state index contributed by atoms with van der Waals surface area (Å²) in [6.07, 6.45) is 3.89. The maximum Gasteiger partial charge on any atom is 0.335 e. The Morgan fingerprint density at radius 3 is 1.96 bits per heavy atom. The summed E-state index contributed by atoms with van der Waals surface area (Å²) in [6, 6.07) is 10.3. The Kier molecular flexibility index (Phi) is 10.6. The van der Waals surface area contributed by atoms with Crippen molar-refractivity contribution in [2.24, 2.45) is 0 Å². The van der Waals surface area contributed by atoms with E-state index >= 15 is 4.39 Å². The molecule has 0 spiro atoms. The van der Waals surface area contributed by atoms with E-state index in [1.807, 2.05) is 12.1 Å². The van der Waals surface area contributed by atoms with Crippen LogP contribution in [0.2, 0.25) is 0 Å². The van der Waals surface area contributed by atoms with Gasteiger partial charge in [0, 0.05) is 29.8 Å². The molecular weight excluding hydrogens is 726 g/mol. The first-order valence-corrected chi connectivity index (χ1v) is 18.2. The van der Waals surface area contributed by atoms with Crippen molar-refractivity contribution in [2.45, 2.75) is 69.4 Å². The molecule has 53 heavy (non-hydrogen) atoms. The minimum Gasteiger partial charge on any atom is -0.492 e. The van der Waals surface area contributed by atoms with Crippen LogP contribution in [-0.2, 0) is 27.9 Å². The molecule has 1 N–H and O–H groups in total. The van der Waals surface area contributed by atoms with E-state index in [2.05, 4.69) is 6.07 Å². The third kappa shape index (κ3) is 8.05. The monoisotopic (exact) mass is 760 g/mol. The largest absolute Gasteiger partial charge is 0.492 e. The summed E-state index contributed by atoms with van der Waals surface area (Å²) in [5.74, 6) is -11.5. The van der Waals surface area contributed by atoms with Gasteiger partial charge in [0.05, 0.1) is 30.9 Å². The van der Waals surface area contributed by atoms with E-state index in [1.54, 1.807) is 6.92 Å². The summed E-state index contributed by atoms with van der Waals surface area (Å²) in [6.45, 7) is -0.325. The molecule has 4 aromatic rings. The van der Waals surface area contributed by atoms with Crippen molar-refractivity contribution in [3.8, 4) is 5.75 Å². The van der Waals surface area contributed by atoms with Crippen molar-refractivity contribution >= 4 is 27.6 Å². The highest BCUT2D eigenvalue weighted by molar-refractivity contribution is 7.89. The Bertz CT molecular complexity index is 2170. The molecule has 0 atom stereocenters. The molecular formula is C38H34F6N2O6S.